The molecule has 20 heavy (non-hydrogen) atoms. The second-order valence-corrected chi connectivity index (χ2v) is 4.36. The summed E-state index contributed by atoms with van der Waals surface area (Å²) in [7, 11) is 0. The van der Waals surface area contributed by atoms with Crippen LogP contribution in [0.15, 0.2) is 36.5 Å². The number of ether oxygens (including phenoxy) is 1. The van der Waals surface area contributed by atoms with E-state index in [-0.39, 0.29) is 11.3 Å². The van der Waals surface area contributed by atoms with Gasteiger partial charge in [0.2, 0.25) is 5.28 Å². The standard InChI is InChI=1S/C14H11ClN4O/c1-2-20-14-18-12(17-13(15)19-14)10-5-3-7-11-9(10)6-4-8-16-11/h3-8H,2H2,1H3. The summed E-state index contributed by atoms with van der Waals surface area (Å²) in [5, 5.41) is 1.07. The van der Waals surface area contributed by atoms with Gasteiger partial charge in [-0.05, 0) is 30.7 Å². The number of nitrogens with zero attached hydrogens (tertiary/aromatic N) is 4. The molecular formula is C14H11ClN4O. The maximum atomic E-state index is 5.93. The number of hydrogen-bond acceptors (Lipinski definition) is 5. The van der Waals surface area contributed by atoms with Gasteiger partial charge >= 0.3 is 6.01 Å². The van der Waals surface area contributed by atoms with Crippen LogP contribution in [-0.2, 0) is 0 Å². The Bertz CT molecular complexity index is 758. The van der Waals surface area contributed by atoms with Gasteiger partial charge in [0.05, 0.1) is 12.1 Å². The number of aromatic nitrogens is 4. The summed E-state index contributed by atoms with van der Waals surface area (Å²) in [6, 6.07) is 9.83. The number of hydrogen-bond donors (Lipinski definition) is 0. The van der Waals surface area contributed by atoms with Crippen molar-refractivity contribution in [1.29, 1.82) is 0 Å². The van der Waals surface area contributed by atoms with Crippen molar-refractivity contribution >= 4 is 22.5 Å². The molecule has 3 aromatic rings. The van der Waals surface area contributed by atoms with E-state index in [1.54, 1.807) is 6.20 Å². The van der Waals surface area contributed by atoms with Gasteiger partial charge in [-0.3, -0.25) is 4.98 Å². The molecule has 100 valence electrons. The summed E-state index contributed by atoms with van der Waals surface area (Å²) in [4.78, 5) is 16.7. The average Bonchev–Trinajstić information content (AvgIpc) is 2.46. The van der Waals surface area contributed by atoms with Crippen LogP contribution in [0.5, 0.6) is 6.01 Å². The largest absolute Gasteiger partial charge is 0.464 e. The van der Waals surface area contributed by atoms with Gasteiger partial charge in [-0.25, -0.2) is 0 Å². The Morgan fingerprint density at radius 1 is 1.10 bits per heavy atom. The van der Waals surface area contributed by atoms with E-state index in [0.717, 1.165) is 16.5 Å². The predicted octanol–water partition coefficient (Wildman–Crippen LogP) is 3.14. The Morgan fingerprint density at radius 2 is 2.00 bits per heavy atom. The highest BCUT2D eigenvalue weighted by Crippen LogP contribution is 2.26. The number of rotatable bonds is 3. The molecule has 0 saturated carbocycles. The predicted molar refractivity (Wildman–Crippen MR) is 76.7 cm³/mol. The van der Waals surface area contributed by atoms with Crippen LogP contribution in [0.2, 0.25) is 5.28 Å². The molecule has 0 radical (unpaired) electrons. The summed E-state index contributed by atoms with van der Waals surface area (Å²) in [5.74, 6) is 0.479. The first kappa shape index (κ1) is 12.7. The van der Waals surface area contributed by atoms with Crippen molar-refractivity contribution in [2.75, 3.05) is 6.61 Å². The molecule has 0 spiro atoms. The molecule has 0 aliphatic heterocycles. The van der Waals surface area contributed by atoms with E-state index in [1.807, 2.05) is 37.3 Å². The highest BCUT2D eigenvalue weighted by molar-refractivity contribution is 6.28. The van der Waals surface area contributed by atoms with Gasteiger partial charge in [0.15, 0.2) is 5.82 Å². The van der Waals surface area contributed by atoms with E-state index in [4.69, 9.17) is 16.3 Å². The molecule has 0 atom stereocenters. The molecule has 0 amide bonds. The zero-order valence-corrected chi connectivity index (χ0v) is 11.5. The number of pyridine rings is 1. The van der Waals surface area contributed by atoms with Crippen LogP contribution in [0.4, 0.5) is 0 Å². The van der Waals surface area contributed by atoms with Crippen molar-refractivity contribution in [2.45, 2.75) is 6.92 Å². The van der Waals surface area contributed by atoms with Crippen LogP contribution in [0.3, 0.4) is 0 Å². The normalized spacial score (nSPS) is 10.7. The minimum absolute atomic E-state index is 0.111. The molecule has 0 unspecified atom stereocenters. The lowest BCUT2D eigenvalue weighted by Gasteiger charge is -2.06. The second-order valence-electron chi connectivity index (χ2n) is 4.02. The highest BCUT2D eigenvalue weighted by Gasteiger charge is 2.11. The fraction of sp³-hybridized carbons (Fsp3) is 0.143. The van der Waals surface area contributed by atoms with Crippen molar-refractivity contribution in [3.05, 3.63) is 41.8 Å². The first-order chi connectivity index (χ1) is 9.78. The molecule has 0 aliphatic rings. The zero-order valence-electron chi connectivity index (χ0n) is 10.7. The lowest BCUT2D eigenvalue weighted by atomic mass is 10.1. The van der Waals surface area contributed by atoms with Crippen molar-refractivity contribution in [1.82, 2.24) is 19.9 Å². The quantitative estimate of drug-likeness (QED) is 0.740. The molecule has 0 bridgehead atoms. The van der Waals surface area contributed by atoms with Crippen LogP contribution in [0.25, 0.3) is 22.3 Å². The van der Waals surface area contributed by atoms with Crippen LogP contribution < -0.4 is 4.74 Å². The Labute approximate surface area is 120 Å². The summed E-state index contributed by atoms with van der Waals surface area (Å²) >= 11 is 5.93. The maximum absolute atomic E-state index is 5.93. The average molecular weight is 287 g/mol. The van der Waals surface area contributed by atoms with Gasteiger partial charge in [0, 0.05) is 17.1 Å². The van der Waals surface area contributed by atoms with Gasteiger partial charge in [-0.1, -0.05) is 18.2 Å². The van der Waals surface area contributed by atoms with Crippen molar-refractivity contribution in [3.8, 4) is 17.4 Å². The molecule has 1 aromatic carbocycles. The second kappa shape index (κ2) is 5.38. The molecule has 6 heteroatoms. The minimum Gasteiger partial charge on any atom is -0.464 e. The summed E-state index contributed by atoms with van der Waals surface area (Å²) in [6.45, 7) is 2.33. The molecule has 0 fully saturated rings. The van der Waals surface area contributed by atoms with E-state index in [2.05, 4.69) is 19.9 Å². The molecule has 2 aromatic heterocycles. The Morgan fingerprint density at radius 3 is 2.85 bits per heavy atom. The van der Waals surface area contributed by atoms with Gasteiger partial charge in [-0.15, -0.1) is 0 Å². The highest BCUT2D eigenvalue weighted by atomic mass is 35.5. The monoisotopic (exact) mass is 286 g/mol. The summed E-state index contributed by atoms with van der Waals surface area (Å²) < 4.78 is 5.30. The van der Waals surface area contributed by atoms with Crippen molar-refractivity contribution in [2.24, 2.45) is 0 Å². The fourth-order valence-electron chi connectivity index (χ4n) is 1.94. The SMILES string of the molecule is CCOc1nc(Cl)nc(-c2cccc3ncccc23)n1. The van der Waals surface area contributed by atoms with Crippen molar-refractivity contribution < 1.29 is 4.74 Å². The van der Waals surface area contributed by atoms with Gasteiger partial charge in [0.25, 0.3) is 0 Å². The van der Waals surface area contributed by atoms with E-state index in [1.165, 1.54) is 0 Å². The lowest BCUT2D eigenvalue weighted by molar-refractivity contribution is 0.312. The van der Waals surface area contributed by atoms with E-state index >= 15 is 0 Å². The molecule has 0 aliphatic carbocycles. The van der Waals surface area contributed by atoms with E-state index in [9.17, 15) is 0 Å². The smallest absolute Gasteiger partial charge is 0.321 e. The fourth-order valence-corrected chi connectivity index (χ4v) is 2.10. The first-order valence-corrected chi connectivity index (χ1v) is 6.54. The third-order valence-corrected chi connectivity index (χ3v) is 2.92. The van der Waals surface area contributed by atoms with Crippen LogP contribution in [-0.4, -0.2) is 26.5 Å². The van der Waals surface area contributed by atoms with Gasteiger partial charge in [0.1, 0.15) is 0 Å². The van der Waals surface area contributed by atoms with Crippen LogP contribution in [0.1, 0.15) is 6.92 Å². The maximum Gasteiger partial charge on any atom is 0.321 e. The molecule has 0 saturated heterocycles. The molecular weight excluding hydrogens is 276 g/mol. The van der Waals surface area contributed by atoms with Gasteiger partial charge in [-0.2, -0.15) is 15.0 Å². The third-order valence-electron chi connectivity index (χ3n) is 2.75. The Kier molecular flexibility index (Phi) is 3.43. The van der Waals surface area contributed by atoms with Gasteiger partial charge < -0.3 is 4.74 Å². The van der Waals surface area contributed by atoms with E-state index < -0.39 is 0 Å². The van der Waals surface area contributed by atoms with E-state index in [0.29, 0.717) is 12.4 Å². The molecule has 5 nitrogen and oxygen atoms in total. The molecule has 2 heterocycles. The minimum atomic E-state index is 0.111. The zero-order chi connectivity index (χ0) is 13.9. The molecule has 3 rings (SSSR count). The number of benzene rings is 1. The number of fused-ring (bicyclic) bond motifs is 1. The first-order valence-electron chi connectivity index (χ1n) is 6.16. The van der Waals surface area contributed by atoms with Crippen LogP contribution >= 0.6 is 11.6 Å². The Balaban J connectivity index is 2.20. The van der Waals surface area contributed by atoms with Crippen LogP contribution in [0, 0.1) is 0 Å². The number of halogens is 1. The topological polar surface area (TPSA) is 60.8 Å². The molecule has 0 N–H and O–H groups in total. The lowest BCUT2D eigenvalue weighted by Crippen LogP contribution is -2.01. The summed E-state index contributed by atoms with van der Waals surface area (Å²) in [6.07, 6.45) is 1.75. The Hall–Kier alpha value is -2.27. The van der Waals surface area contributed by atoms with Crippen molar-refractivity contribution in [3.63, 3.8) is 0 Å². The summed E-state index contributed by atoms with van der Waals surface area (Å²) in [5.41, 5.74) is 1.72. The third kappa shape index (κ3) is 2.40.